The fraction of sp³-hybridized carbons (Fsp3) is 0.440. The van der Waals surface area contributed by atoms with Crippen LogP contribution in [0.15, 0.2) is 41.8 Å². The van der Waals surface area contributed by atoms with Crippen molar-refractivity contribution in [2.75, 3.05) is 41.3 Å². The van der Waals surface area contributed by atoms with Crippen molar-refractivity contribution in [1.29, 1.82) is 0 Å². The lowest BCUT2D eigenvalue weighted by atomic mass is 10.1. The second kappa shape index (κ2) is 11.5. The third-order valence-corrected chi connectivity index (χ3v) is 6.94. The lowest BCUT2D eigenvalue weighted by molar-refractivity contribution is -0.384. The third kappa shape index (κ3) is 6.07. The van der Waals surface area contributed by atoms with Crippen molar-refractivity contribution in [3.05, 3.63) is 51.9 Å². The quantitative estimate of drug-likeness (QED) is 0.282. The molecule has 0 spiro atoms. The first-order valence-corrected chi connectivity index (χ1v) is 13.0. The molecule has 0 atom stereocenters. The average Bonchev–Trinajstić information content (AvgIpc) is 3.35. The van der Waals surface area contributed by atoms with Gasteiger partial charge in [-0.05, 0) is 43.9 Å². The Balaban J connectivity index is 1.51. The van der Waals surface area contributed by atoms with Gasteiger partial charge in [-0.2, -0.15) is 0 Å². The number of aliphatic hydroxyl groups is 1. The highest BCUT2D eigenvalue weighted by molar-refractivity contribution is 7.14. The predicted molar refractivity (Wildman–Crippen MR) is 142 cm³/mol. The molecule has 2 N–H and O–H groups in total. The molecule has 186 valence electrons. The van der Waals surface area contributed by atoms with Crippen LogP contribution in [-0.4, -0.2) is 52.3 Å². The van der Waals surface area contributed by atoms with E-state index >= 15 is 0 Å². The summed E-state index contributed by atoms with van der Waals surface area (Å²) in [4.78, 5) is 24.9. The van der Waals surface area contributed by atoms with Gasteiger partial charge in [0.05, 0.1) is 16.7 Å². The van der Waals surface area contributed by atoms with E-state index in [2.05, 4.69) is 34.4 Å². The molecule has 1 aliphatic rings. The molecular weight excluding hydrogens is 464 g/mol. The maximum atomic E-state index is 11.6. The predicted octanol–water partition coefficient (Wildman–Crippen LogP) is 5.44. The van der Waals surface area contributed by atoms with Gasteiger partial charge in [0, 0.05) is 48.9 Å². The summed E-state index contributed by atoms with van der Waals surface area (Å²) in [6.45, 7) is 7.68. The zero-order valence-electron chi connectivity index (χ0n) is 20.2. The van der Waals surface area contributed by atoms with Crippen LogP contribution in [0.25, 0.3) is 11.3 Å². The number of hydrogen-bond acceptors (Lipinski definition) is 9. The van der Waals surface area contributed by atoms with Gasteiger partial charge in [0.2, 0.25) is 5.82 Å². The van der Waals surface area contributed by atoms with E-state index in [0.29, 0.717) is 37.4 Å². The van der Waals surface area contributed by atoms with Gasteiger partial charge in [-0.1, -0.05) is 26.0 Å². The lowest BCUT2D eigenvalue weighted by Crippen LogP contribution is -2.36. The minimum Gasteiger partial charge on any atom is -0.393 e. The van der Waals surface area contributed by atoms with Crippen LogP contribution >= 0.6 is 11.3 Å². The van der Waals surface area contributed by atoms with E-state index in [-0.39, 0.29) is 17.6 Å². The Kier molecular flexibility index (Phi) is 8.14. The summed E-state index contributed by atoms with van der Waals surface area (Å²) in [6, 6.07) is 10.9. The highest BCUT2D eigenvalue weighted by Gasteiger charge is 2.22. The van der Waals surface area contributed by atoms with E-state index in [1.807, 2.05) is 29.2 Å². The molecule has 35 heavy (non-hydrogen) atoms. The van der Waals surface area contributed by atoms with Gasteiger partial charge >= 0.3 is 5.69 Å². The van der Waals surface area contributed by atoms with Gasteiger partial charge in [0.25, 0.3) is 0 Å². The molecule has 0 amide bonds. The topological polar surface area (TPSA) is 108 Å². The number of pyridine rings is 1. The number of nitrogens with zero attached hydrogens (tertiary/aromatic N) is 5. The van der Waals surface area contributed by atoms with Crippen molar-refractivity contribution >= 4 is 39.5 Å². The van der Waals surface area contributed by atoms with E-state index < -0.39 is 4.92 Å². The second-order valence-corrected chi connectivity index (χ2v) is 9.55. The van der Waals surface area contributed by atoms with Gasteiger partial charge in [0.15, 0.2) is 5.13 Å². The number of hydrogen-bond donors (Lipinski definition) is 2. The normalized spacial score (nSPS) is 14.2. The van der Waals surface area contributed by atoms with Crippen molar-refractivity contribution in [3.63, 3.8) is 0 Å². The Morgan fingerprint density at radius 1 is 1.11 bits per heavy atom. The molecule has 3 aromatic rings. The van der Waals surface area contributed by atoms with Crippen molar-refractivity contribution in [1.82, 2.24) is 9.97 Å². The number of rotatable bonds is 10. The molecule has 0 unspecified atom stereocenters. The fourth-order valence-electron chi connectivity index (χ4n) is 4.20. The summed E-state index contributed by atoms with van der Waals surface area (Å²) in [6.07, 6.45) is 3.19. The maximum absolute atomic E-state index is 11.6. The minimum atomic E-state index is -0.428. The Labute approximate surface area is 209 Å². The van der Waals surface area contributed by atoms with E-state index in [1.165, 1.54) is 6.07 Å². The van der Waals surface area contributed by atoms with Gasteiger partial charge in [-0.25, -0.2) is 9.97 Å². The Morgan fingerprint density at radius 3 is 2.43 bits per heavy atom. The molecule has 1 aromatic carbocycles. The summed E-state index contributed by atoms with van der Waals surface area (Å²) in [5.41, 5.74) is 2.55. The van der Waals surface area contributed by atoms with Crippen molar-refractivity contribution in [3.8, 4) is 11.3 Å². The number of aromatic nitrogens is 2. The first-order chi connectivity index (χ1) is 17.0. The standard InChI is InChI=1S/C25H32N6O3S/c1-3-13-30(14-4-2)25-27-21(17-35-25)18-5-7-19(8-6-18)26-24-22(31(33)34)9-10-23(28-24)29-15-11-20(32)12-16-29/h5-10,17,20,32H,3-4,11-16H2,1-2H3,(H,26,28). The molecule has 4 rings (SSSR count). The molecule has 10 heteroatoms. The van der Waals surface area contributed by atoms with Crippen LogP contribution in [0.3, 0.4) is 0 Å². The molecule has 0 radical (unpaired) electrons. The average molecular weight is 497 g/mol. The molecule has 0 saturated carbocycles. The summed E-state index contributed by atoms with van der Waals surface area (Å²) < 4.78 is 0. The molecule has 1 aliphatic heterocycles. The van der Waals surface area contributed by atoms with Crippen LogP contribution in [0.5, 0.6) is 0 Å². The Morgan fingerprint density at radius 2 is 1.80 bits per heavy atom. The molecule has 3 heterocycles. The maximum Gasteiger partial charge on any atom is 0.311 e. The molecule has 9 nitrogen and oxygen atoms in total. The zero-order chi connectivity index (χ0) is 24.8. The molecule has 1 fully saturated rings. The Hall–Kier alpha value is -3.24. The summed E-state index contributed by atoms with van der Waals surface area (Å²) >= 11 is 1.65. The zero-order valence-corrected chi connectivity index (χ0v) is 21.0. The van der Waals surface area contributed by atoms with Crippen molar-refractivity contribution < 1.29 is 10.0 Å². The summed E-state index contributed by atoms with van der Waals surface area (Å²) in [5.74, 6) is 0.873. The van der Waals surface area contributed by atoms with E-state index in [4.69, 9.17) is 4.98 Å². The molecular formula is C25H32N6O3S. The lowest BCUT2D eigenvalue weighted by Gasteiger charge is -2.30. The minimum absolute atomic E-state index is 0.0778. The molecule has 0 bridgehead atoms. The summed E-state index contributed by atoms with van der Waals surface area (Å²) in [7, 11) is 0. The van der Waals surface area contributed by atoms with Crippen LogP contribution < -0.4 is 15.1 Å². The number of nitrogens with one attached hydrogen (secondary N) is 1. The van der Waals surface area contributed by atoms with Crippen LogP contribution in [0.2, 0.25) is 0 Å². The number of anilines is 4. The van der Waals surface area contributed by atoms with Crippen LogP contribution in [0.4, 0.5) is 28.1 Å². The largest absolute Gasteiger partial charge is 0.393 e. The first kappa shape index (κ1) is 24.9. The number of thiazole rings is 1. The molecule has 0 aliphatic carbocycles. The smallest absolute Gasteiger partial charge is 0.311 e. The van der Waals surface area contributed by atoms with E-state index in [9.17, 15) is 15.2 Å². The van der Waals surface area contributed by atoms with Crippen LogP contribution in [-0.2, 0) is 0 Å². The number of benzene rings is 1. The highest BCUT2D eigenvalue weighted by Crippen LogP contribution is 2.32. The third-order valence-electron chi connectivity index (χ3n) is 6.04. The van der Waals surface area contributed by atoms with E-state index in [0.717, 1.165) is 42.3 Å². The SMILES string of the molecule is CCCN(CCC)c1nc(-c2ccc(Nc3nc(N4CCC(O)CC4)ccc3[N+](=O)[O-])cc2)cs1. The molecule has 1 saturated heterocycles. The monoisotopic (exact) mass is 496 g/mol. The summed E-state index contributed by atoms with van der Waals surface area (Å²) in [5, 5.41) is 27.6. The van der Waals surface area contributed by atoms with Crippen LogP contribution in [0, 0.1) is 10.1 Å². The number of nitro groups is 1. The second-order valence-electron chi connectivity index (χ2n) is 8.72. The van der Waals surface area contributed by atoms with Gasteiger partial charge < -0.3 is 20.2 Å². The fourth-order valence-corrected chi connectivity index (χ4v) is 5.09. The first-order valence-electron chi connectivity index (χ1n) is 12.1. The number of piperidine rings is 1. The molecule has 2 aromatic heterocycles. The van der Waals surface area contributed by atoms with Gasteiger partial charge in [0.1, 0.15) is 5.82 Å². The van der Waals surface area contributed by atoms with Gasteiger partial charge in [-0.3, -0.25) is 10.1 Å². The van der Waals surface area contributed by atoms with Crippen molar-refractivity contribution in [2.24, 2.45) is 0 Å². The van der Waals surface area contributed by atoms with Crippen LogP contribution in [0.1, 0.15) is 39.5 Å². The Bertz CT molecular complexity index is 1120. The van der Waals surface area contributed by atoms with Crippen molar-refractivity contribution in [2.45, 2.75) is 45.6 Å². The highest BCUT2D eigenvalue weighted by atomic mass is 32.1. The van der Waals surface area contributed by atoms with Gasteiger partial charge in [-0.15, -0.1) is 11.3 Å². The number of aliphatic hydroxyl groups excluding tert-OH is 1. The van der Waals surface area contributed by atoms with E-state index in [1.54, 1.807) is 17.4 Å².